The van der Waals surface area contributed by atoms with Crippen LogP contribution in [0.15, 0.2) is 0 Å². The molecule has 0 unspecified atom stereocenters. The third-order valence-electron chi connectivity index (χ3n) is 2.15. The first-order chi connectivity index (χ1) is 7.56. The number of hydrogen-bond donors (Lipinski definition) is 3. The summed E-state index contributed by atoms with van der Waals surface area (Å²) in [5.74, 6) is 0.464. The Hall–Kier alpha value is -1.83. The van der Waals surface area contributed by atoms with Crippen LogP contribution in [0.4, 0.5) is 16.6 Å². The molecule has 0 aromatic carbocycles. The van der Waals surface area contributed by atoms with Gasteiger partial charge in [0.2, 0.25) is 5.95 Å². The number of hydrogen-bond acceptors (Lipinski definition) is 6. The Morgan fingerprint density at radius 3 is 2.81 bits per heavy atom. The predicted molar refractivity (Wildman–Crippen MR) is 56.4 cm³/mol. The predicted octanol–water partition coefficient (Wildman–Crippen LogP) is -0.437. The summed E-state index contributed by atoms with van der Waals surface area (Å²) >= 11 is 5.57. The van der Waals surface area contributed by atoms with Gasteiger partial charge in [0.1, 0.15) is 0 Å². The quantitative estimate of drug-likeness (QED) is 0.646. The van der Waals surface area contributed by atoms with Crippen LogP contribution >= 0.6 is 11.6 Å². The van der Waals surface area contributed by atoms with Crippen LogP contribution in [0.5, 0.6) is 0 Å². The number of amides is 1. The summed E-state index contributed by atoms with van der Waals surface area (Å²) in [6.45, 7) is 0.990. The zero-order valence-corrected chi connectivity index (χ0v) is 8.85. The molecule has 16 heavy (non-hydrogen) atoms. The van der Waals surface area contributed by atoms with Crippen LogP contribution in [0.25, 0.3) is 0 Å². The van der Waals surface area contributed by atoms with Gasteiger partial charge in [-0.25, -0.2) is 4.79 Å². The molecule has 1 aromatic rings. The van der Waals surface area contributed by atoms with Crippen molar-refractivity contribution in [2.45, 2.75) is 6.04 Å². The van der Waals surface area contributed by atoms with Crippen molar-refractivity contribution in [1.29, 1.82) is 0 Å². The van der Waals surface area contributed by atoms with E-state index in [1.165, 1.54) is 0 Å². The highest BCUT2D eigenvalue weighted by Crippen LogP contribution is 2.19. The lowest BCUT2D eigenvalue weighted by Gasteiger charge is -2.38. The number of halogens is 1. The first-order valence-electron chi connectivity index (χ1n) is 4.46. The molecule has 1 amide bonds. The van der Waals surface area contributed by atoms with Gasteiger partial charge in [0, 0.05) is 13.1 Å². The summed E-state index contributed by atoms with van der Waals surface area (Å²) < 4.78 is 0. The lowest BCUT2D eigenvalue weighted by molar-refractivity contribution is 0.187. The van der Waals surface area contributed by atoms with E-state index >= 15 is 0 Å². The second-order valence-corrected chi connectivity index (χ2v) is 3.70. The highest BCUT2D eigenvalue weighted by Gasteiger charge is 2.30. The first-order valence-corrected chi connectivity index (χ1v) is 4.84. The number of anilines is 2. The first kappa shape index (κ1) is 10.7. The average Bonchev–Trinajstić information content (AvgIpc) is 2.15. The molecule has 0 atom stereocenters. The highest BCUT2D eigenvalue weighted by molar-refractivity contribution is 6.31. The van der Waals surface area contributed by atoms with E-state index in [1.807, 2.05) is 0 Å². The fourth-order valence-electron chi connectivity index (χ4n) is 1.36. The molecule has 2 heterocycles. The number of nitrogens with two attached hydrogens (primary N) is 1. The lowest BCUT2D eigenvalue weighted by Crippen LogP contribution is -2.59. The van der Waals surface area contributed by atoms with Crippen LogP contribution in [-0.4, -0.2) is 45.5 Å². The number of carboxylic acid groups (broad SMARTS) is 1. The van der Waals surface area contributed by atoms with Crippen LogP contribution in [-0.2, 0) is 0 Å². The van der Waals surface area contributed by atoms with Gasteiger partial charge < -0.3 is 21.1 Å². The Morgan fingerprint density at radius 1 is 1.56 bits per heavy atom. The van der Waals surface area contributed by atoms with Crippen molar-refractivity contribution in [3.05, 3.63) is 5.15 Å². The molecule has 0 spiro atoms. The number of nitrogens with one attached hydrogen (secondary N) is 1. The molecule has 1 saturated heterocycles. The average molecular weight is 245 g/mol. The van der Waals surface area contributed by atoms with Crippen molar-refractivity contribution in [3.8, 4) is 0 Å². The maximum Gasteiger partial charge on any atom is 0.405 e. The smallest absolute Gasteiger partial charge is 0.405 e. The van der Waals surface area contributed by atoms with Gasteiger partial charge in [-0.1, -0.05) is 11.6 Å². The molecule has 2 rings (SSSR count). The number of rotatable bonds is 2. The standard InChI is InChI=1S/C7H9ClN6O2/c8-4-5(9)11-6(13-12-4)14-1-3(2-14)10-7(15)16/h3,10H,1-2H2,(H,15,16)(H2,9,11,13). The molecular formula is C7H9ClN6O2. The van der Waals surface area contributed by atoms with Crippen LogP contribution in [0, 0.1) is 0 Å². The maximum atomic E-state index is 10.3. The van der Waals surface area contributed by atoms with E-state index in [4.69, 9.17) is 22.4 Å². The Kier molecular flexibility index (Phi) is 2.65. The number of nitrogens with zero attached hydrogens (tertiary/aromatic N) is 4. The molecule has 1 aliphatic rings. The van der Waals surface area contributed by atoms with Gasteiger partial charge in [-0.05, 0) is 0 Å². The molecule has 9 heteroatoms. The maximum absolute atomic E-state index is 10.3. The van der Waals surface area contributed by atoms with Crippen molar-refractivity contribution in [2.24, 2.45) is 0 Å². The van der Waals surface area contributed by atoms with Crippen LogP contribution < -0.4 is 16.0 Å². The summed E-state index contributed by atoms with van der Waals surface area (Å²) in [6, 6.07) is -0.113. The van der Waals surface area contributed by atoms with E-state index in [0.717, 1.165) is 0 Å². The van der Waals surface area contributed by atoms with Gasteiger partial charge in [-0.3, -0.25) is 0 Å². The van der Waals surface area contributed by atoms with Gasteiger partial charge in [0.25, 0.3) is 0 Å². The minimum absolute atomic E-state index is 0.0597. The SMILES string of the molecule is Nc1nc(N2CC(NC(=O)O)C2)nnc1Cl. The molecule has 0 saturated carbocycles. The van der Waals surface area contributed by atoms with Crippen molar-refractivity contribution >= 4 is 29.5 Å². The van der Waals surface area contributed by atoms with Crippen LogP contribution in [0.3, 0.4) is 0 Å². The van der Waals surface area contributed by atoms with E-state index in [1.54, 1.807) is 4.90 Å². The van der Waals surface area contributed by atoms with Gasteiger partial charge in [0.05, 0.1) is 6.04 Å². The molecule has 86 valence electrons. The molecular weight excluding hydrogens is 236 g/mol. The zero-order chi connectivity index (χ0) is 11.7. The molecule has 1 fully saturated rings. The van der Waals surface area contributed by atoms with E-state index in [-0.39, 0.29) is 17.0 Å². The van der Waals surface area contributed by atoms with Crippen LogP contribution in [0.2, 0.25) is 5.15 Å². The Balaban J connectivity index is 1.96. The minimum Gasteiger partial charge on any atom is -0.465 e. The highest BCUT2D eigenvalue weighted by atomic mass is 35.5. The fraction of sp³-hybridized carbons (Fsp3) is 0.429. The normalized spacial score (nSPS) is 15.7. The molecule has 4 N–H and O–H groups in total. The number of nitrogen functional groups attached to an aromatic ring is 1. The largest absolute Gasteiger partial charge is 0.465 e. The molecule has 1 aliphatic heterocycles. The number of carbonyl (C=O) groups is 1. The van der Waals surface area contributed by atoms with Gasteiger partial charge in [-0.15, -0.1) is 10.2 Å². The zero-order valence-electron chi connectivity index (χ0n) is 8.09. The Labute approximate surface area is 95.4 Å². The van der Waals surface area contributed by atoms with Gasteiger partial charge in [0.15, 0.2) is 11.0 Å². The third kappa shape index (κ3) is 2.06. The minimum atomic E-state index is -1.04. The summed E-state index contributed by atoms with van der Waals surface area (Å²) in [6.07, 6.45) is -1.04. The number of aromatic nitrogens is 3. The van der Waals surface area contributed by atoms with Crippen molar-refractivity contribution < 1.29 is 9.90 Å². The van der Waals surface area contributed by atoms with Crippen molar-refractivity contribution in [1.82, 2.24) is 20.5 Å². The van der Waals surface area contributed by atoms with E-state index in [0.29, 0.717) is 19.0 Å². The monoisotopic (exact) mass is 244 g/mol. The topological polar surface area (TPSA) is 117 Å². The van der Waals surface area contributed by atoms with Crippen molar-refractivity contribution in [2.75, 3.05) is 23.7 Å². The van der Waals surface area contributed by atoms with Crippen LogP contribution in [0.1, 0.15) is 0 Å². The molecule has 0 radical (unpaired) electrons. The molecule has 8 nitrogen and oxygen atoms in total. The van der Waals surface area contributed by atoms with E-state index in [9.17, 15) is 4.79 Å². The van der Waals surface area contributed by atoms with E-state index < -0.39 is 6.09 Å². The summed E-state index contributed by atoms with van der Waals surface area (Å²) in [5.41, 5.74) is 5.47. The Bertz CT molecular complexity index is 421. The lowest BCUT2D eigenvalue weighted by atomic mass is 10.1. The van der Waals surface area contributed by atoms with Gasteiger partial charge >= 0.3 is 6.09 Å². The van der Waals surface area contributed by atoms with Gasteiger partial charge in [-0.2, -0.15) is 4.98 Å². The summed E-state index contributed by atoms with van der Waals surface area (Å²) in [5, 5.41) is 18.3. The van der Waals surface area contributed by atoms with Crippen molar-refractivity contribution in [3.63, 3.8) is 0 Å². The summed E-state index contributed by atoms with van der Waals surface area (Å²) in [7, 11) is 0. The molecule has 1 aromatic heterocycles. The second-order valence-electron chi connectivity index (χ2n) is 3.34. The summed E-state index contributed by atoms with van der Waals surface area (Å²) in [4.78, 5) is 16.0. The third-order valence-corrected chi connectivity index (χ3v) is 2.42. The fourth-order valence-corrected chi connectivity index (χ4v) is 1.44. The Morgan fingerprint density at radius 2 is 2.25 bits per heavy atom. The second kappa shape index (κ2) is 3.97. The van der Waals surface area contributed by atoms with E-state index in [2.05, 4.69) is 20.5 Å². The molecule has 0 aliphatic carbocycles. The molecule has 0 bridgehead atoms.